The van der Waals surface area contributed by atoms with Crippen LogP contribution in [0.5, 0.6) is 0 Å². The van der Waals surface area contributed by atoms with Crippen molar-refractivity contribution in [2.45, 2.75) is 6.54 Å². The number of hydrogen-bond acceptors (Lipinski definition) is 3. The summed E-state index contributed by atoms with van der Waals surface area (Å²) in [5.74, 6) is -0.929. The molecule has 0 aliphatic rings. The number of hydrogen-bond donors (Lipinski definition) is 1. The van der Waals surface area contributed by atoms with Crippen LogP contribution in [-0.4, -0.2) is 26.1 Å². The third kappa shape index (κ3) is 2.67. The van der Waals surface area contributed by atoms with Gasteiger partial charge in [0, 0.05) is 6.20 Å². The monoisotopic (exact) mass is 279 g/mol. The lowest BCUT2D eigenvalue weighted by Gasteiger charge is -2.11. The van der Waals surface area contributed by atoms with E-state index in [9.17, 15) is 9.90 Å². The predicted octanol–water partition coefficient (Wildman–Crippen LogP) is 2.69. The van der Waals surface area contributed by atoms with E-state index >= 15 is 0 Å². The number of carboxylic acid groups (broad SMARTS) is 1. The second-order valence-corrected chi connectivity index (χ2v) is 4.61. The first-order valence-electron chi connectivity index (χ1n) is 6.50. The van der Waals surface area contributed by atoms with Crippen molar-refractivity contribution in [2.75, 3.05) is 0 Å². The molecule has 0 unspecified atom stereocenters. The minimum absolute atomic E-state index is 0.295. The summed E-state index contributed by atoms with van der Waals surface area (Å²) in [5, 5.41) is 17.1. The van der Waals surface area contributed by atoms with Crippen LogP contribution in [0.4, 0.5) is 0 Å². The van der Waals surface area contributed by atoms with E-state index in [-0.39, 0.29) is 0 Å². The Labute approximate surface area is 121 Å². The molecule has 3 rings (SSSR count). The van der Waals surface area contributed by atoms with Crippen LogP contribution < -0.4 is 0 Å². The van der Waals surface area contributed by atoms with E-state index in [1.165, 1.54) is 0 Å². The molecule has 0 atom stereocenters. The molecule has 0 aliphatic heterocycles. The van der Waals surface area contributed by atoms with Crippen molar-refractivity contribution in [3.63, 3.8) is 0 Å². The Kier molecular flexibility index (Phi) is 3.47. The first kappa shape index (κ1) is 13.1. The normalized spacial score (nSPS) is 10.5. The first-order chi connectivity index (χ1) is 10.3. The van der Waals surface area contributed by atoms with Gasteiger partial charge in [0.05, 0.1) is 18.3 Å². The average molecular weight is 279 g/mol. The fourth-order valence-electron chi connectivity index (χ4n) is 2.32. The van der Waals surface area contributed by atoms with Crippen LogP contribution >= 0.6 is 0 Å². The fourth-order valence-corrected chi connectivity index (χ4v) is 2.32. The van der Waals surface area contributed by atoms with E-state index in [0.29, 0.717) is 17.7 Å². The van der Waals surface area contributed by atoms with Gasteiger partial charge in [-0.05, 0) is 22.8 Å². The number of aromatic nitrogens is 3. The molecule has 1 aromatic heterocycles. The van der Waals surface area contributed by atoms with Gasteiger partial charge in [0.1, 0.15) is 0 Å². The summed E-state index contributed by atoms with van der Waals surface area (Å²) < 4.78 is 1.71. The van der Waals surface area contributed by atoms with Crippen molar-refractivity contribution in [1.29, 1.82) is 0 Å². The second kappa shape index (κ2) is 5.58. The zero-order valence-corrected chi connectivity index (χ0v) is 11.2. The molecule has 5 heteroatoms. The van der Waals surface area contributed by atoms with Gasteiger partial charge in [-0.3, -0.25) is 0 Å². The van der Waals surface area contributed by atoms with Gasteiger partial charge in [-0.2, -0.15) is 0 Å². The van der Waals surface area contributed by atoms with Gasteiger partial charge < -0.3 is 5.11 Å². The highest BCUT2D eigenvalue weighted by atomic mass is 16.4. The molecule has 0 saturated heterocycles. The molecule has 2 aromatic carbocycles. The molecule has 21 heavy (non-hydrogen) atoms. The van der Waals surface area contributed by atoms with Gasteiger partial charge in [-0.25, -0.2) is 9.48 Å². The van der Waals surface area contributed by atoms with Gasteiger partial charge in [0.25, 0.3) is 0 Å². The molecule has 5 nitrogen and oxygen atoms in total. The van der Waals surface area contributed by atoms with E-state index in [0.717, 1.165) is 11.1 Å². The lowest BCUT2D eigenvalue weighted by molar-refractivity contribution is 0.0697. The third-order valence-electron chi connectivity index (χ3n) is 3.27. The standard InChI is InChI=1S/C16H13N3O2/c20-16(21)15-8-4-3-7-14(15)13-6-2-1-5-12(13)11-19-10-9-17-18-19/h1-10H,11H2,(H,20,21). The number of aromatic carboxylic acids is 1. The molecule has 0 bridgehead atoms. The van der Waals surface area contributed by atoms with Gasteiger partial charge >= 0.3 is 5.97 Å². The van der Waals surface area contributed by atoms with Gasteiger partial charge in [-0.1, -0.05) is 47.7 Å². The van der Waals surface area contributed by atoms with Crippen LogP contribution in [0.15, 0.2) is 60.9 Å². The zero-order chi connectivity index (χ0) is 14.7. The van der Waals surface area contributed by atoms with Crippen LogP contribution in [0.3, 0.4) is 0 Å². The molecule has 0 radical (unpaired) electrons. The maximum atomic E-state index is 11.4. The number of carbonyl (C=O) groups is 1. The van der Waals surface area contributed by atoms with Gasteiger partial charge in [-0.15, -0.1) is 5.10 Å². The second-order valence-electron chi connectivity index (χ2n) is 4.61. The minimum Gasteiger partial charge on any atom is -0.478 e. The molecular weight excluding hydrogens is 266 g/mol. The smallest absolute Gasteiger partial charge is 0.336 e. The summed E-state index contributed by atoms with van der Waals surface area (Å²) in [6, 6.07) is 14.7. The Morgan fingerprint density at radius 2 is 1.76 bits per heavy atom. The highest BCUT2D eigenvalue weighted by molar-refractivity contribution is 5.96. The molecule has 0 fully saturated rings. The summed E-state index contributed by atoms with van der Waals surface area (Å²) >= 11 is 0. The topological polar surface area (TPSA) is 68.0 Å². The van der Waals surface area contributed by atoms with E-state index in [1.54, 1.807) is 29.2 Å². The van der Waals surface area contributed by atoms with Crippen LogP contribution in [-0.2, 0) is 6.54 Å². The Hall–Kier alpha value is -2.95. The third-order valence-corrected chi connectivity index (χ3v) is 3.27. The van der Waals surface area contributed by atoms with Crippen molar-refractivity contribution in [1.82, 2.24) is 15.0 Å². The Morgan fingerprint density at radius 3 is 2.48 bits per heavy atom. The number of nitrogens with zero attached hydrogens (tertiary/aromatic N) is 3. The Bertz CT molecular complexity index is 767. The summed E-state index contributed by atoms with van der Waals surface area (Å²) in [4.78, 5) is 11.4. The molecular formula is C16H13N3O2. The van der Waals surface area contributed by atoms with Crippen molar-refractivity contribution in [2.24, 2.45) is 0 Å². The zero-order valence-electron chi connectivity index (χ0n) is 11.2. The molecule has 0 spiro atoms. The van der Waals surface area contributed by atoms with Crippen LogP contribution in [0, 0.1) is 0 Å². The summed E-state index contributed by atoms with van der Waals surface area (Å²) in [7, 11) is 0. The quantitative estimate of drug-likeness (QED) is 0.797. The van der Waals surface area contributed by atoms with Crippen molar-refractivity contribution < 1.29 is 9.90 Å². The van der Waals surface area contributed by atoms with E-state index in [2.05, 4.69) is 10.3 Å². The largest absolute Gasteiger partial charge is 0.478 e. The summed E-state index contributed by atoms with van der Waals surface area (Å²) in [6.07, 6.45) is 3.40. The average Bonchev–Trinajstić information content (AvgIpc) is 3.01. The van der Waals surface area contributed by atoms with Crippen LogP contribution in [0.2, 0.25) is 0 Å². The molecule has 0 saturated carbocycles. The van der Waals surface area contributed by atoms with Crippen LogP contribution in [0.1, 0.15) is 15.9 Å². The SMILES string of the molecule is O=C(O)c1ccccc1-c1ccccc1Cn1ccnn1. The van der Waals surface area contributed by atoms with E-state index in [4.69, 9.17) is 0 Å². The number of benzene rings is 2. The highest BCUT2D eigenvalue weighted by Gasteiger charge is 2.13. The van der Waals surface area contributed by atoms with E-state index < -0.39 is 5.97 Å². The molecule has 3 aromatic rings. The number of carboxylic acids is 1. The van der Waals surface area contributed by atoms with Gasteiger partial charge in [0.15, 0.2) is 0 Å². The van der Waals surface area contributed by atoms with E-state index in [1.807, 2.05) is 36.4 Å². The minimum atomic E-state index is -0.929. The summed E-state index contributed by atoms with van der Waals surface area (Å²) in [6.45, 7) is 0.546. The molecule has 0 amide bonds. The predicted molar refractivity (Wildman–Crippen MR) is 78.0 cm³/mol. The molecule has 1 N–H and O–H groups in total. The van der Waals surface area contributed by atoms with Crippen molar-refractivity contribution in [3.8, 4) is 11.1 Å². The van der Waals surface area contributed by atoms with Crippen molar-refractivity contribution >= 4 is 5.97 Å². The number of rotatable bonds is 4. The molecule has 1 heterocycles. The highest BCUT2D eigenvalue weighted by Crippen LogP contribution is 2.27. The Morgan fingerprint density at radius 1 is 1.05 bits per heavy atom. The van der Waals surface area contributed by atoms with Gasteiger partial charge in [0.2, 0.25) is 0 Å². The molecule has 0 aliphatic carbocycles. The molecule has 104 valence electrons. The van der Waals surface area contributed by atoms with Crippen molar-refractivity contribution in [3.05, 3.63) is 72.1 Å². The van der Waals surface area contributed by atoms with Crippen LogP contribution in [0.25, 0.3) is 11.1 Å². The first-order valence-corrected chi connectivity index (χ1v) is 6.50. The Balaban J connectivity index is 2.09. The maximum absolute atomic E-state index is 11.4. The lowest BCUT2D eigenvalue weighted by atomic mass is 9.95. The summed E-state index contributed by atoms with van der Waals surface area (Å²) in [5.41, 5.74) is 2.90. The fraction of sp³-hybridized carbons (Fsp3) is 0.0625. The maximum Gasteiger partial charge on any atom is 0.336 e. The lowest BCUT2D eigenvalue weighted by Crippen LogP contribution is -2.04.